The number of nitrogens with one attached hydrogen (secondary N) is 1. The van der Waals surface area contributed by atoms with Gasteiger partial charge in [-0.25, -0.2) is 4.39 Å². The smallest absolute Gasteiger partial charge is 0.261 e. The van der Waals surface area contributed by atoms with E-state index in [9.17, 15) is 14.0 Å². The fraction of sp³-hybridized carbons (Fsp3) is 0.286. The van der Waals surface area contributed by atoms with Crippen molar-refractivity contribution in [1.29, 1.82) is 0 Å². The van der Waals surface area contributed by atoms with Gasteiger partial charge in [-0.15, -0.1) is 0 Å². The van der Waals surface area contributed by atoms with Gasteiger partial charge in [-0.2, -0.15) is 0 Å². The number of para-hydroxylation sites is 1. The monoisotopic (exact) mass is 530 g/mol. The molecule has 0 unspecified atom stereocenters. The number of rotatable bonds is 11. The van der Waals surface area contributed by atoms with Crippen molar-refractivity contribution in [2.45, 2.75) is 45.3 Å². The third-order valence-electron chi connectivity index (χ3n) is 5.85. The molecular weight excluding hydrogens is 502 g/mol. The van der Waals surface area contributed by atoms with E-state index in [1.54, 1.807) is 24.3 Å². The maximum Gasteiger partial charge on any atom is 0.261 e. The van der Waals surface area contributed by atoms with E-state index in [4.69, 9.17) is 27.9 Å². The summed E-state index contributed by atoms with van der Waals surface area (Å²) >= 11 is 12.8. The first-order chi connectivity index (χ1) is 17.3. The van der Waals surface area contributed by atoms with Gasteiger partial charge in [0.15, 0.2) is 18.2 Å². The number of hydrogen-bond acceptors (Lipinski definition) is 3. The lowest BCUT2D eigenvalue weighted by Crippen LogP contribution is -2.53. The molecule has 0 saturated heterocycles. The molecule has 190 valence electrons. The second kappa shape index (κ2) is 13.3. The van der Waals surface area contributed by atoms with Crippen molar-refractivity contribution < 1.29 is 18.7 Å². The second-order valence-electron chi connectivity index (χ2n) is 8.46. The second-order valence-corrected chi connectivity index (χ2v) is 9.28. The Morgan fingerprint density at radius 1 is 0.972 bits per heavy atom. The SMILES string of the molecule is CC[C@@H](C)NC(=O)[C@@H](Cc1ccccc1)N(Cc1c(Cl)cccc1Cl)C(=O)COc1ccccc1F. The Morgan fingerprint density at radius 3 is 2.25 bits per heavy atom. The highest BCUT2D eigenvalue weighted by Gasteiger charge is 2.32. The van der Waals surface area contributed by atoms with E-state index in [1.165, 1.54) is 23.1 Å². The lowest BCUT2D eigenvalue weighted by Gasteiger charge is -2.32. The third kappa shape index (κ3) is 7.45. The summed E-state index contributed by atoms with van der Waals surface area (Å²) in [5.74, 6) is -1.45. The van der Waals surface area contributed by atoms with Crippen LogP contribution in [0.1, 0.15) is 31.4 Å². The Balaban J connectivity index is 1.97. The van der Waals surface area contributed by atoms with Crippen LogP contribution in [0, 0.1) is 5.82 Å². The predicted octanol–water partition coefficient (Wildman–Crippen LogP) is 6.07. The normalized spacial score (nSPS) is 12.5. The first-order valence-electron chi connectivity index (χ1n) is 11.7. The average molecular weight is 531 g/mol. The van der Waals surface area contributed by atoms with Crippen LogP contribution in [-0.2, 0) is 22.6 Å². The Morgan fingerprint density at radius 2 is 1.61 bits per heavy atom. The molecule has 0 aliphatic carbocycles. The molecule has 3 aromatic rings. The summed E-state index contributed by atoms with van der Waals surface area (Å²) in [7, 11) is 0. The molecule has 0 spiro atoms. The van der Waals surface area contributed by atoms with Crippen LogP contribution in [0.25, 0.3) is 0 Å². The minimum atomic E-state index is -0.884. The molecule has 36 heavy (non-hydrogen) atoms. The van der Waals surface area contributed by atoms with E-state index >= 15 is 0 Å². The highest BCUT2D eigenvalue weighted by Crippen LogP contribution is 2.27. The predicted molar refractivity (Wildman–Crippen MR) is 141 cm³/mol. The zero-order valence-electron chi connectivity index (χ0n) is 20.2. The molecule has 0 aromatic heterocycles. The fourth-order valence-corrected chi connectivity index (χ4v) is 4.15. The zero-order chi connectivity index (χ0) is 26.1. The molecule has 3 aromatic carbocycles. The van der Waals surface area contributed by atoms with Crippen LogP contribution >= 0.6 is 23.2 Å². The molecule has 1 N–H and O–H groups in total. The summed E-state index contributed by atoms with van der Waals surface area (Å²) < 4.78 is 19.6. The summed E-state index contributed by atoms with van der Waals surface area (Å²) in [5, 5.41) is 3.73. The van der Waals surface area contributed by atoms with Crippen LogP contribution in [0.4, 0.5) is 4.39 Å². The number of ether oxygens (including phenoxy) is 1. The van der Waals surface area contributed by atoms with E-state index in [0.29, 0.717) is 15.6 Å². The summed E-state index contributed by atoms with van der Waals surface area (Å²) in [6.07, 6.45) is 0.987. The van der Waals surface area contributed by atoms with Gasteiger partial charge in [0.25, 0.3) is 5.91 Å². The number of hydrogen-bond donors (Lipinski definition) is 1. The van der Waals surface area contributed by atoms with E-state index < -0.39 is 24.4 Å². The van der Waals surface area contributed by atoms with Gasteiger partial charge in [0.05, 0.1) is 0 Å². The number of carbonyl (C=O) groups is 2. The first-order valence-corrected chi connectivity index (χ1v) is 12.5. The number of nitrogens with zero attached hydrogens (tertiary/aromatic N) is 1. The van der Waals surface area contributed by atoms with Crippen LogP contribution < -0.4 is 10.1 Å². The van der Waals surface area contributed by atoms with Crippen molar-refractivity contribution in [2.75, 3.05) is 6.61 Å². The molecule has 2 atom stereocenters. The molecule has 2 amide bonds. The number of halogens is 3. The van der Waals surface area contributed by atoms with Gasteiger partial charge in [0.1, 0.15) is 6.04 Å². The number of amides is 2. The van der Waals surface area contributed by atoms with Crippen molar-refractivity contribution in [3.8, 4) is 5.75 Å². The number of benzene rings is 3. The van der Waals surface area contributed by atoms with E-state index in [-0.39, 0.29) is 30.7 Å². The molecule has 0 bridgehead atoms. The minimum Gasteiger partial charge on any atom is -0.481 e. The van der Waals surface area contributed by atoms with E-state index in [0.717, 1.165) is 12.0 Å². The Labute approximate surface area is 221 Å². The largest absolute Gasteiger partial charge is 0.481 e. The summed E-state index contributed by atoms with van der Waals surface area (Å²) in [4.78, 5) is 28.4. The molecule has 8 heteroatoms. The Kier molecular flexibility index (Phi) is 10.1. The van der Waals surface area contributed by atoms with Crippen LogP contribution in [0.3, 0.4) is 0 Å². The molecule has 0 saturated carbocycles. The topological polar surface area (TPSA) is 58.6 Å². The summed E-state index contributed by atoms with van der Waals surface area (Å²) in [6.45, 7) is 3.37. The fourth-order valence-electron chi connectivity index (χ4n) is 3.63. The van der Waals surface area contributed by atoms with Gasteiger partial charge < -0.3 is 15.0 Å². The van der Waals surface area contributed by atoms with Gasteiger partial charge in [-0.3, -0.25) is 9.59 Å². The quantitative estimate of drug-likeness (QED) is 0.327. The average Bonchev–Trinajstić information content (AvgIpc) is 2.87. The third-order valence-corrected chi connectivity index (χ3v) is 6.56. The van der Waals surface area contributed by atoms with Crippen LogP contribution in [0.2, 0.25) is 10.0 Å². The molecule has 0 aliphatic rings. The van der Waals surface area contributed by atoms with Gasteiger partial charge in [0.2, 0.25) is 5.91 Å². The molecule has 0 fully saturated rings. The maximum atomic E-state index is 14.1. The standard InChI is InChI=1S/C28H29Cl2FN2O3/c1-3-19(2)32-28(35)25(16-20-10-5-4-6-11-20)33(17-21-22(29)12-9-13-23(21)30)27(34)18-36-26-15-8-7-14-24(26)31/h4-15,19,25H,3,16-18H2,1-2H3,(H,32,35)/t19-,25-/m1/s1. The Bertz CT molecular complexity index is 1160. The lowest BCUT2D eigenvalue weighted by atomic mass is 10.0. The Hall–Kier alpha value is -3.09. The van der Waals surface area contributed by atoms with Crippen molar-refractivity contribution in [2.24, 2.45) is 0 Å². The van der Waals surface area contributed by atoms with Crippen molar-refractivity contribution in [1.82, 2.24) is 10.2 Å². The van der Waals surface area contributed by atoms with Crippen LogP contribution in [0.15, 0.2) is 72.8 Å². The lowest BCUT2D eigenvalue weighted by molar-refractivity contribution is -0.143. The van der Waals surface area contributed by atoms with Crippen LogP contribution in [0.5, 0.6) is 5.75 Å². The molecule has 0 radical (unpaired) electrons. The van der Waals surface area contributed by atoms with Crippen molar-refractivity contribution in [3.63, 3.8) is 0 Å². The van der Waals surface area contributed by atoms with Crippen molar-refractivity contribution in [3.05, 3.63) is 99.8 Å². The van der Waals surface area contributed by atoms with Gasteiger partial charge in [-0.1, -0.05) is 78.7 Å². The van der Waals surface area contributed by atoms with E-state index in [2.05, 4.69) is 5.32 Å². The highest BCUT2D eigenvalue weighted by molar-refractivity contribution is 6.36. The van der Waals surface area contributed by atoms with Gasteiger partial charge in [-0.05, 0) is 43.2 Å². The van der Waals surface area contributed by atoms with Gasteiger partial charge >= 0.3 is 0 Å². The maximum absolute atomic E-state index is 14.1. The summed E-state index contributed by atoms with van der Waals surface area (Å²) in [6, 6.07) is 19.3. The highest BCUT2D eigenvalue weighted by atomic mass is 35.5. The number of carbonyl (C=O) groups excluding carboxylic acids is 2. The molecule has 5 nitrogen and oxygen atoms in total. The minimum absolute atomic E-state index is 0.0244. The molecular formula is C28H29Cl2FN2O3. The van der Waals surface area contributed by atoms with E-state index in [1.807, 2.05) is 44.2 Å². The molecule has 3 rings (SSSR count). The molecule has 0 aliphatic heterocycles. The molecule has 0 heterocycles. The first kappa shape index (κ1) is 27.5. The summed E-state index contributed by atoms with van der Waals surface area (Å²) in [5.41, 5.74) is 1.38. The van der Waals surface area contributed by atoms with Crippen molar-refractivity contribution >= 4 is 35.0 Å². The van der Waals surface area contributed by atoms with Crippen LogP contribution in [-0.4, -0.2) is 35.4 Å². The zero-order valence-corrected chi connectivity index (χ0v) is 21.7. The van der Waals surface area contributed by atoms with Gasteiger partial charge in [0, 0.05) is 34.6 Å².